The van der Waals surface area contributed by atoms with E-state index in [-0.39, 0.29) is 5.91 Å². The van der Waals surface area contributed by atoms with Crippen molar-refractivity contribution >= 4 is 11.7 Å². The van der Waals surface area contributed by atoms with Crippen molar-refractivity contribution in [1.82, 2.24) is 10.3 Å². The van der Waals surface area contributed by atoms with Crippen LogP contribution in [0.5, 0.6) is 0 Å². The van der Waals surface area contributed by atoms with E-state index >= 15 is 0 Å². The van der Waals surface area contributed by atoms with E-state index in [1.807, 2.05) is 0 Å². The molecule has 0 radical (unpaired) electrons. The van der Waals surface area contributed by atoms with Gasteiger partial charge in [0, 0.05) is 6.54 Å². The smallest absolute Gasteiger partial charge is 0.269 e. The largest absolute Gasteiger partial charge is 0.384 e. The highest BCUT2D eigenvalue weighted by Gasteiger charge is 2.32. The molecule has 0 aliphatic heterocycles. The SMILES string of the molecule is CCC1(CNC(=O)c2cccc(N)n2)CCCC1. The lowest BCUT2D eigenvalue weighted by atomic mass is 9.83. The molecule has 98 valence electrons. The first-order chi connectivity index (χ1) is 8.65. The van der Waals surface area contributed by atoms with Crippen LogP contribution in [-0.4, -0.2) is 17.4 Å². The van der Waals surface area contributed by atoms with Crippen molar-refractivity contribution in [3.63, 3.8) is 0 Å². The summed E-state index contributed by atoms with van der Waals surface area (Å²) in [7, 11) is 0. The number of aromatic nitrogens is 1. The third kappa shape index (κ3) is 2.81. The summed E-state index contributed by atoms with van der Waals surface area (Å²) in [5.41, 5.74) is 6.28. The van der Waals surface area contributed by atoms with Crippen molar-refractivity contribution < 1.29 is 4.79 Å². The molecule has 0 atom stereocenters. The molecule has 1 saturated carbocycles. The van der Waals surface area contributed by atoms with Gasteiger partial charge in [-0.3, -0.25) is 4.79 Å². The topological polar surface area (TPSA) is 68.0 Å². The van der Waals surface area contributed by atoms with Crippen molar-refractivity contribution in [2.24, 2.45) is 5.41 Å². The fourth-order valence-electron chi connectivity index (χ4n) is 2.72. The summed E-state index contributed by atoms with van der Waals surface area (Å²) in [6.07, 6.45) is 6.11. The van der Waals surface area contributed by atoms with Gasteiger partial charge in [-0.15, -0.1) is 0 Å². The van der Waals surface area contributed by atoms with Gasteiger partial charge in [-0.1, -0.05) is 25.8 Å². The maximum atomic E-state index is 12.0. The molecule has 18 heavy (non-hydrogen) atoms. The van der Waals surface area contributed by atoms with Gasteiger partial charge in [0.05, 0.1) is 0 Å². The lowest BCUT2D eigenvalue weighted by Gasteiger charge is -2.27. The van der Waals surface area contributed by atoms with E-state index < -0.39 is 0 Å². The van der Waals surface area contributed by atoms with Gasteiger partial charge in [-0.25, -0.2) is 4.98 Å². The van der Waals surface area contributed by atoms with E-state index in [1.54, 1.807) is 18.2 Å². The van der Waals surface area contributed by atoms with E-state index in [4.69, 9.17) is 5.73 Å². The van der Waals surface area contributed by atoms with Gasteiger partial charge in [0.15, 0.2) is 0 Å². The van der Waals surface area contributed by atoms with Crippen molar-refractivity contribution in [3.8, 4) is 0 Å². The van der Waals surface area contributed by atoms with Gasteiger partial charge in [-0.2, -0.15) is 0 Å². The standard InChI is InChI=1S/C14H21N3O/c1-2-14(8-3-4-9-14)10-16-13(18)11-6-5-7-12(15)17-11/h5-7H,2-4,8-10H2,1H3,(H2,15,17)(H,16,18). The molecule has 0 bridgehead atoms. The Hall–Kier alpha value is -1.58. The second kappa shape index (κ2) is 5.38. The molecule has 1 aromatic heterocycles. The maximum absolute atomic E-state index is 12.0. The Morgan fingerprint density at radius 2 is 2.17 bits per heavy atom. The molecule has 1 aliphatic carbocycles. The molecule has 0 spiro atoms. The highest BCUT2D eigenvalue weighted by molar-refractivity contribution is 5.92. The molecule has 1 fully saturated rings. The van der Waals surface area contributed by atoms with Gasteiger partial charge in [0.1, 0.15) is 11.5 Å². The molecule has 2 rings (SSSR count). The fourth-order valence-corrected chi connectivity index (χ4v) is 2.72. The molecule has 1 heterocycles. The Morgan fingerprint density at radius 1 is 1.44 bits per heavy atom. The summed E-state index contributed by atoms with van der Waals surface area (Å²) in [5, 5.41) is 3.00. The molecule has 0 saturated heterocycles. The minimum Gasteiger partial charge on any atom is -0.384 e. The van der Waals surface area contributed by atoms with Crippen LogP contribution in [0.3, 0.4) is 0 Å². The van der Waals surface area contributed by atoms with E-state index in [0.717, 1.165) is 13.0 Å². The molecule has 4 nitrogen and oxygen atoms in total. The predicted molar refractivity (Wildman–Crippen MR) is 72.2 cm³/mol. The number of carbonyl (C=O) groups excluding carboxylic acids is 1. The monoisotopic (exact) mass is 247 g/mol. The summed E-state index contributed by atoms with van der Waals surface area (Å²) in [6, 6.07) is 5.13. The Bertz CT molecular complexity index is 425. The Balaban J connectivity index is 1.96. The third-order valence-corrected chi connectivity index (χ3v) is 4.04. The Labute approximate surface area is 108 Å². The van der Waals surface area contributed by atoms with Crippen LogP contribution in [0.25, 0.3) is 0 Å². The van der Waals surface area contributed by atoms with Gasteiger partial charge >= 0.3 is 0 Å². The molecule has 4 heteroatoms. The highest BCUT2D eigenvalue weighted by Crippen LogP contribution is 2.40. The number of pyridine rings is 1. The van der Waals surface area contributed by atoms with Crippen molar-refractivity contribution in [2.45, 2.75) is 39.0 Å². The minimum atomic E-state index is -0.123. The third-order valence-electron chi connectivity index (χ3n) is 4.04. The van der Waals surface area contributed by atoms with Crippen LogP contribution in [0.2, 0.25) is 0 Å². The van der Waals surface area contributed by atoms with Crippen LogP contribution in [0.1, 0.15) is 49.5 Å². The first kappa shape index (κ1) is 12.9. The number of hydrogen-bond acceptors (Lipinski definition) is 3. The number of nitrogens with zero attached hydrogens (tertiary/aromatic N) is 1. The lowest BCUT2D eigenvalue weighted by Crippen LogP contribution is -2.36. The summed E-state index contributed by atoms with van der Waals surface area (Å²) < 4.78 is 0. The quantitative estimate of drug-likeness (QED) is 0.858. The van der Waals surface area contributed by atoms with Gasteiger partial charge in [0.25, 0.3) is 5.91 Å². The normalized spacial score (nSPS) is 17.6. The van der Waals surface area contributed by atoms with Crippen LogP contribution in [0.15, 0.2) is 18.2 Å². The summed E-state index contributed by atoms with van der Waals surface area (Å²) in [5.74, 6) is 0.260. The fraction of sp³-hybridized carbons (Fsp3) is 0.571. The number of amides is 1. The lowest BCUT2D eigenvalue weighted by molar-refractivity contribution is 0.0924. The van der Waals surface area contributed by atoms with Gasteiger partial charge in [-0.05, 0) is 36.8 Å². The van der Waals surface area contributed by atoms with Crippen LogP contribution >= 0.6 is 0 Å². The molecular formula is C14H21N3O. The Morgan fingerprint density at radius 3 is 2.78 bits per heavy atom. The first-order valence-electron chi connectivity index (χ1n) is 6.66. The molecule has 1 amide bonds. The molecule has 1 aliphatic rings. The number of rotatable bonds is 4. The van der Waals surface area contributed by atoms with Gasteiger partial charge < -0.3 is 11.1 Å². The van der Waals surface area contributed by atoms with Crippen LogP contribution in [0.4, 0.5) is 5.82 Å². The minimum absolute atomic E-state index is 0.123. The molecule has 0 aromatic carbocycles. The number of anilines is 1. The van der Waals surface area contributed by atoms with E-state index in [9.17, 15) is 4.79 Å². The van der Waals surface area contributed by atoms with Crippen LogP contribution < -0.4 is 11.1 Å². The average Bonchev–Trinajstić information content (AvgIpc) is 2.85. The average molecular weight is 247 g/mol. The Kier molecular flexibility index (Phi) is 3.84. The number of nitrogen functional groups attached to an aromatic ring is 1. The molecular weight excluding hydrogens is 226 g/mol. The maximum Gasteiger partial charge on any atom is 0.269 e. The van der Waals surface area contributed by atoms with Gasteiger partial charge in [0.2, 0.25) is 0 Å². The zero-order valence-corrected chi connectivity index (χ0v) is 10.9. The summed E-state index contributed by atoms with van der Waals surface area (Å²) >= 11 is 0. The highest BCUT2D eigenvalue weighted by atomic mass is 16.1. The summed E-state index contributed by atoms with van der Waals surface area (Å²) in [4.78, 5) is 16.0. The number of nitrogens with two attached hydrogens (primary N) is 1. The van der Waals surface area contributed by atoms with Crippen molar-refractivity contribution in [2.75, 3.05) is 12.3 Å². The number of nitrogens with one attached hydrogen (secondary N) is 1. The van der Waals surface area contributed by atoms with E-state index in [1.165, 1.54) is 25.7 Å². The molecule has 1 aromatic rings. The second-order valence-corrected chi connectivity index (χ2v) is 5.19. The van der Waals surface area contributed by atoms with Crippen molar-refractivity contribution in [3.05, 3.63) is 23.9 Å². The molecule has 0 unspecified atom stereocenters. The number of carbonyl (C=O) groups is 1. The summed E-state index contributed by atoms with van der Waals surface area (Å²) in [6.45, 7) is 2.95. The second-order valence-electron chi connectivity index (χ2n) is 5.19. The zero-order chi connectivity index (χ0) is 13.0. The number of hydrogen-bond donors (Lipinski definition) is 2. The zero-order valence-electron chi connectivity index (χ0n) is 10.9. The van der Waals surface area contributed by atoms with Crippen LogP contribution in [-0.2, 0) is 0 Å². The molecule has 3 N–H and O–H groups in total. The first-order valence-corrected chi connectivity index (χ1v) is 6.66. The van der Waals surface area contributed by atoms with Crippen molar-refractivity contribution in [1.29, 1.82) is 0 Å². The van der Waals surface area contributed by atoms with E-state index in [0.29, 0.717) is 16.9 Å². The van der Waals surface area contributed by atoms with E-state index in [2.05, 4.69) is 17.2 Å². The van der Waals surface area contributed by atoms with Crippen LogP contribution in [0, 0.1) is 5.41 Å². The predicted octanol–water partition coefficient (Wildman–Crippen LogP) is 2.36.